The molecule has 0 radical (unpaired) electrons. The second-order valence-electron chi connectivity index (χ2n) is 4.18. The van der Waals surface area contributed by atoms with Crippen molar-refractivity contribution in [1.82, 2.24) is 10.2 Å². The van der Waals surface area contributed by atoms with Crippen LogP contribution in [0.2, 0.25) is 0 Å². The van der Waals surface area contributed by atoms with Gasteiger partial charge in [0.15, 0.2) is 0 Å². The first-order valence-electron chi connectivity index (χ1n) is 5.48. The van der Waals surface area contributed by atoms with E-state index >= 15 is 0 Å². The molecule has 2 rings (SSSR count). The van der Waals surface area contributed by atoms with Crippen LogP contribution in [0.15, 0.2) is 18.2 Å². The van der Waals surface area contributed by atoms with Gasteiger partial charge in [-0.2, -0.15) is 23.5 Å². The van der Waals surface area contributed by atoms with Crippen LogP contribution in [-0.4, -0.2) is 10.2 Å². The van der Waals surface area contributed by atoms with E-state index in [9.17, 15) is 13.2 Å². The first-order chi connectivity index (χ1) is 8.84. The zero-order valence-electron chi connectivity index (χ0n) is 10.3. The van der Waals surface area contributed by atoms with E-state index in [0.717, 1.165) is 6.07 Å². The topological polar surface area (TPSA) is 52.5 Å². The van der Waals surface area contributed by atoms with Crippen LogP contribution < -0.4 is 0 Å². The second kappa shape index (κ2) is 4.43. The highest BCUT2D eigenvalue weighted by atomic mass is 19.4. The summed E-state index contributed by atoms with van der Waals surface area (Å²) in [6.45, 7) is 3.45. The number of nitriles is 1. The van der Waals surface area contributed by atoms with Crippen molar-refractivity contribution < 1.29 is 13.2 Å². The maximum Gasteiger partial charge on any atom is 0.417 e. The zero-order chi connectivity index (χ0) is 14.2. The van der Waals surface area contributed by atoms with E-state index in [-0.39, 0.29) is 5.56 Å². The maximum atomic E-state index is 12.9. The fraction of sp³-hybridized carbons (Fsp3) is 0.231. The van der Waals surface area contributed by atoms with Crippen LogP contribution in [0.3, 0.4) is 0 Å². The SMILES string of the molecule is Cc1n[nH]c(C)c1-c1ccc(C#N)c(C(F)(F)F)c1. The molecular weight excluding hydrogens is 255 g/mol. The summed E-state index contributed by atoms with van der Waals surface area (Å²) in [6, 6.07) is 5.23. The molecule has 1 heterocycles. The molecule has 0 spiro atoms. The highest BCUT2D eigenvalue weighted by molar-refractivity contribution is 5.70. The Morgan fingerprint density at radius 2 is 1.95 bits per heavy atom. The number of nitrogens with one attached hydrogen (secondary N) is 1. The van der Waals surface area contributed by atoms with Crippen molar-refractivity contribution in [2.45, 2.75) is 20.0 Å². The third-order valence-electron chi connectivity index (χ3n) is 2.86. The van der Waals surface area contributed by atoms with Gasteiger partial charge in [-0.3, -0.25) is 5.10 Å². The Labute approximate surface area is 107 Å². The number of halogens is 3. The van der Waals surface area contributed by atoms with Gasteiger partial charge in [-0.25, -0.2) is 0 Å². The Kier molecular flexibility index (Phi) is 3.06. The van der Waals surface area contributed by atoms with E-state index < -0.39 is 11.7 Å². The molecule has 0 fully saturated rings. The number of H-pyrrole nitrogens is 1. The Hall–Kier alpha value is -2.29. The summed E-state index contributed by atoms with van der Waals surface area (Å²) in [5.41, 5.74) is 1.04. The van der Waals surface area contributed by atoms with Crippen LogP contribution in [-0.2, 0) is 6.18 Å². The zero-order valence-corrected chi connectivity index (χ0v) is 10.3. The molecule has 0 aliphatic rings. The molecule has 98 valence electrons. The number of aryl methyl sites for hydroxylation is 2. The summed E-state index contributed by atoms with van der Waals surface area (Å²) < 4.78 is 38.7. The quantitative estimate of drug-likeness (QED) is 0.856. The molecule has 0 amide bonds. The minimum atomic E-state index is -4.55. The lowest BCUT2D eigenvalue weighted by Crippen LogP contribution is -2.08. The van der Waals surface area contributed by atoms with Gasteiger partial charge in [-0.1, -0.05) is 6.07 Å². The summed E-state index contributed by atoms with van der Waals surface area (Å²) >= 11 is 0. The summed E-state index contributed by atoms with van der Waals surface area (Å²) in [5, 5.41) is 15.4. The predicted molar refractivity (Wildman–Crippen MR) is 63.2 cm³/mol. The van der Waals surface area contributed by atoms with E-state index in [2.05, 4.69) is 10.2 Å². The second-order valence-corrected chi connectivity index (χ2v) is 4.18. The van der Waals surface area contributed by atoms with Crippen molar-refractivity contribution in [2.24, 2.45) is 0 Å². The average molecular weight is 265 g/mol. The van der Waals surface area contributed by atoms with Crippen molar-refractivity contribution in [2.75, 3.05) is 0 Å². The molecular formula is C13H10F3N3. The van der Waals surface area contributed by atoms with Crippen LogP contribution in [0.25, 0.3) is 11.1 Å². The van der Waals surface area contributed by atoms with Crippen LogP contribution in [0.1, 0.15) is 22.5 Å². The van der Waals surface area contributed by atoms with Crippen molar-refractivity contribution in [3.8, 4) is 17.2 Å². The van der Waals surface area contributed by atoms with Crippen LogP contribution in [0.4, 0.5) is 13.2 Å². The lowest BCUT2D eigenvalue weighted by molar-refractivity contribution is -0.137. The number of hydrogen-bond donors (Lipinski definition) is 1. The van der Waals surface area contributed by atoms with E-state index in [1.807, 2.05) is 0 Å². The van der Waals surface area contributed by atoms with Crippen LogP contribution >= 0.6 is 0 Å². The Morgan fingerprint density at radius 1 is 1.26 bits per heavy atom. The fourth-order valence-electron chi connectivity index (χ4n) is 2.01. The molecule has 0 atom stereocenters. The Bertz CT molecular complexity index is 643. The smallest absolute Gasteiger partial charge is 0.282 e. The van der Waals surface area contributed by atoms with Gasteiger partial charge in [0.1, 0.15) is 0 Å². The Balaban J connectivity index is 2.66. The fourth-order valence-corrected chi connectivity index (χ4v) is 2.01. The van der Waals surface area contributed by atoms with Crippen molar-refractivity contribution in [3.05, 3.63) is 40.7 Å². The molecule has 0 bridgehead atoms. The summed E-state index contributed by atoms with van der Waals surface area (Å²) in [4.78, 5) is 0. The molecule has 2 aromatic rings. The van der Waals surface area contributed by atoms with Crippen LogP contribution in [0.5, 0.6) is 0 Å². The standard InChI is InChI=1S/C13H10F3N3/c1-7-12(8(2)19-18-7)9-3-4-10(6-17)11(5-9)13(14,15)16/h3-5H,1-2H3,(H,18,19). The molecule has 1 N–H and O–H groups in total. The van der Waals surface area contributed by atoms with E-state index in [1.165, 1.54) is 12.1 Å². The monoisotopic (exact) mass is 265 g/mol. The first kappa shape index (κ1) is 13.1. The molecule has 0 aliphatic heterocycles. The maximum absolute atomic E-state index is 12.9. The van der Waals surface area contributed by atoms with Gasteiger partial charge in [-0.15, -0.1) is 0 Å². The molecule has 0 unspecified atom stereocenters. The molecule has 0 saturated heterocycles. The first-order valence-corrected chi connectivity index (χ1v) is 5.48. The number of rotatable bonds is 1. The largest absolute Gasteiger partial charge is 0.417 e. The summed E-state index contributed by atoms with van der Waals surface area (Å²) in [6.07, 6.45) is -4.55. The number of aromatic nitrogens is 2. The third kappa shape index (κ3) is 2.32. The molecule has 1 aromatic heterocycles. The van der Waals surface area contributed by atoms with Gasteiger partial charge in [0.2, 0.25) is 0 Å². The highest BCUT2D eigenvalue weighted by Gasteiger charge is 2.34. The minimum Gasteiger partial charge on any atom is -0.282 e. The number of aromatic amines is 1. The van der Waals surface area contributed by atoms with Gasteiger partial charge >= 0.3 is 6.18 Å². The number of nitrogens with zero attached hydrogens (tertiary/aromatic N) is 2. The minimum absolute atomic E-state index is 0.380. The highest BCUT2D eigenvalue weighted by Crippen LogP contribution is 2.35. The molecule has 0 aliphatic carbocycles. The van der Waals surface area contributed by atoms with Gasteiger partial charge in [-0.05, 0) is 31.5 Å². The normalized spacial score (nSPS) is 11.4. The molecule has 6 heteroatoms. The van der Waals surface area contributed by atoms with Gasteiger partial charge in [0.25, 0.3) is 0 Å². The van der Waals surface area contributed by atoms with Crippen molar-refractivity contribution in [1.29, 1.82) is 5.26 Å². The van der Waals surface area contributed by atoms with Gasteiger partial charge in [0.05, 0.1) is 22.9 Å². The lowest BCUT2D eigenvalue weighted by atomic mass is 9.98. The molecule has 3 nitrogen and oxygen atoms in total. The number of benzene rings is 1. The molecule has 0 saturated carbocycles. The number of hydrogen-bond acceptors (Lipinski definition) is 2. The van der Waals surface area contributed by atoms with E-state index in [4.69, 9.17) is 5.26 Å². The molecule has 1 aromatic carbocycles. The van der Waals surface area contributed by atoms with Gasteiger partial charge < -0.3 is 0 Å². The summed E-state index contributed by atoms with van der Waals surface area (Å²) in [7, 11) is 0. The van der Waals surface area contributed by atoms with Crippen molar-refractivity contribution in [3.63, 3.8) is 0 Å². The number of alkyl halides is 3. The predicted octanol–water partition coefficient (Wildman–Crippen LogP) is 3.58. The molecule has 19 heavy (non-hydrogen) atoms. The summed E-state index contributed by atoms with van der Waals surface area (Å²) in [5.74, 6) is 0. The van der Waals surface area contributed by atoms with Crippen LogP contribution in [0, 0.1) is 25.2 Å². The van der Waals surface area contributed by atoms with Gasteiger partial charge in [0, 0.05) is 11.3 Å². The lowest BCUT2D eigenvalue weighted by Gasteiger charge is -2.11. The third-order valence-corrected chi connectivity index (χ3v) is 2.86. The Morgan fingerprint density at radius 3 is 2.42 bits per heavy atom. The van der Waals surface area contributed by atoms with E-state index in [1.54, 1.807) is 19.9 Å². The average Bonchev–Trinajstić information content (AvgIpc) is 2.67. The van der Waals surface area contributed by atoms with E-state index in [0.29, 0.717) is 22.5 Å². The van der Waals surface area contributed by atoms with Crippen molar-refractivity contribution >= 4 is 0 Å².